The van der Waals surface area contributed by atoms with E-state index in [1.807, 2.05) is 65.0 Å². The van der Waals surface area contributed by atoms with Gasteiger partial charge in [0.2, 0.25) is 0 Å². The molecule has 3 aromatic rings. The van der Waals surface area contributed by atoms with E-state index in [1.165, 1.54) is 4.90 Å². The fourth-order valence-corrected chi connectivity index (χ4v) is 4.47. The van der Waals surface area contributed by atoms with E-state index in [2.05, 4.69) is 0 Å². The molecule has 1 atom stereocenters. The van der Waals surface area contributed by atoms with E-state index in [4.69, 9.17) is 9.47 Å². The molecule has 0 bridgehead atoms. The second kappa shape index (κ2) is 9.90. The molecule has 6 nitrogen and oxygen atoms in total. The number of nitrogens with zero attached hydrogens (tertiary/aromatic N) is 1. The fraction of sp³-hybridized carbons (Fsp3) is 0.267. The first kappa shape index (κ1) is 25.0. The molecule has 186 valence electrons. The lowest BCUT2D eigenvalue weighted by Crippen LogP contribution is -2.29. The molecule has 0 spiro atoms. The van der Waals surface area contributed by atoms with Crippen LogP contribution >= 0.6 is 0 Å². The normalized spacial score (nSPS) is 16.9. The minimum Gasteiger partial charge on any atom is -0.507 e. The van der Waals surface area contributed by atoms with Gasteiger partial charge in [0.25, 0.3) is 11.7 Å². The van der Waals surface area contributed by atoms with Crippen molar-refractivity contribution in [1.82, 2.24) is 0 Å². The van der Waals surface area contributed by atoms with Gasteiger partial charge in [0.15, 0.2) is 11.5 Å². The summed E-state index contributed by atoms with van der Waals surface area (Å²) >= 11 is 0. The molecule has 0 radical (unpaired) electrons. The number of anilines is 1. The molecule has 6 heteroatoms. The van der Waals surface area contributed by atoms with E-state index < -0.39 is 17.7 Å². The molecule has 1 saturated heterocycles. The Morgan fingerprint density at radius 2 is 1.53 bits per heavy atom. The van der Waals surface area contributed by atoms with Gasteiger partial charge >= 0.3 is 0 Å². The molecule has 0 aliphatic carbocycles. The minimum absolute atomic E-state index is 0.0362. The SMILES string of the molecule is CCOc1cc(C2/C(=C(\O)c3ccc(C)c(C)c3)C(=O)C(=O)N2c2ccc(C)c(C)c2)ccc1OC. The number of aliphatic hydroxyl groups excluding tert-OH is 1. The zero-order valence-electron chi connectivity index (χ0n) is 21.5. The van der Waals surface area contributed by atoms with E-state index in [1.54, 1.807) is 31.4 Å². The molecule has 1 N–H and O–H groups in total. The summed E-state index contributed by atoms with van der Waals surface area (Å²) in [6, 6.07) is 15.6. The van der Waals surface area contributed by atoms with Crippen LogP contribution in [0.15, 0.2) is 60.2 Å². The van der Waals surface area contributed by atoms with Gasteiger partial charge in [-0.2, -0.15) is 0 Å². The van der Waals surface area contributed by atoms with Crippen molar-refractivity contribution in [1.29, 1.82) is 0 Å². The number of aliphatic hydroxyl groups is 1. The predicted octanol–water partition coefficient (Wildman–Crippen LogP) is 5.95. The first-order valence-corrected chi connectivity index (χ1v) is 11.9. The Labute approximate surface area is 211 Å². The highest BCUT2D eigenvalue weighted by atomic mass is 16.5. The Kier molecular flexibility index (Phi) is 6.88. The molecule has 1 fully saturated rings. The number of Topliss-reactive ketones (excluding diaryl/α,β-unsaturated/α-hetero) is 1. The molecular formula is C30H31NO5. The first-order valence-electron chi connectivity index (χ1n) is 11.9. The van der Waals surface area contributed by atoms with Crippen molar-refractivity contribution >= 4 is 23.1 Å². The summed E-state index contributed by atoms with van der Waals surface area (Å²) in [5, 5.41) is 11.4. The third-order valence-corrected chi connectivity index (χ3v) is 6.80. The summed E-state index contributed by atoms with van der Waals surface area (Å²) in [7, 11) is 1.55. The molecule has 1 unspecified atom stereocenters. The van der Waals surface area contributed by atoms with Crippen molar-refractivity contribution < 1.29 is 24.2 Å². The van der Waals surface area contributed by atoms with Gasteiger partial charge in [0.1, 0.15) is 5.76 Å². The van der Waals surface area contributed by atoms with E-state index in [0.717, 1.165) is 22.3 Å². The van der Waals surface area contributed by atoms with Gasteiger partial charge in [-0.3, -0.25) is 14.5 Å². The Morgan fingerprint density at radius 3 is 2.14 bits per heavy atom. The summed E-state index contributed by atoms with van der Waals surface area (Å²) in [4.78, 5) is 28.4. The van der Waals surface area contributed by atoms with Crippen LogP contribution in [0.5, 0.6) is 11.5 Å². The lowest BCUT2D eigenvalue weighted by Gasteiger charge is -2.26. The highest BCUT2D eigenvalue weighted by Crippen LogP contribution is 2.44. The smallest absolute Gasteiger partial charge is 0.300 e. The summed E-state index contributed by atoms with van der Waals surface area (Å²) in [5.41, 5.74) is 5.84. The molecule has 0 saturated carbocycles. The van der Waals surface area contributed by atoms with Crippen molar-refractivity contribution in [3.63, 3.8) is 0 Å². The molecular weight excluding hydrogens is 454 g/mol. The van der Waals surface area contributed by atoms with Crippen LogP contribution in [0.4, 0.5) is 5.69 Å². The maximum atomic E-state index is 13.5. The van der Waals surface area contributed by atoms with Crippen LogP contribution < -0.4 is 14.4 Å². The molecule has 4 rings (SSSR count). The Hall–Kier alpha value is -4.06. The summed E-state index contributed by atoms with van der Waals surface area (Å²) in [5.74, 6) is -0.598. The second-order valence-electron chi connectivity index (χ2n) is 9.08. The maximum absolute atomic E-state index is 13.5. The van der Waals surface area contributed by atoms with Crippen LogP contribution in [0, 0.1) is 27.7 Å². The Bertz CT molecular complexity index is 1390. The minimum atomic E-state index is -0.848. The molecule has 0 aromatic heterocycles. The van der Waals surface area contributed by atoms with E-state index in [-0.39, 0.29) is 11.3 Å². The first-order chi connectivity index (χ1) is 17.2. The Morgan fingerprint density at radius 1 is 0.861 bits per heavy atom. The number of ketones is 1. The summed E-state index contributed by atoms with van der Waals surface area (Å²) < 4.78 is 11.2. The summed E-state index contributed by atoms with van der Waals surface area (Å²) in [6.45, 7) is 10.1. The van der Waals surface area contributed by atoms with Crippen LogP contribution in [-0.2, 0) is 9.59 Å². The molecule has 1 aliphatic rings. The van der Waals surface area contributed by atoms with Gasteiger partial charge < -0.3 is 14.6 Å². The van der Waals surface area contributed by atoms with Crippen LogP contribution in [0.2, 0.25) is 0 Å². The molecule has 3 aromatic carbocycles. The molecule has 1 heterocycles. The van der Waals surface area contributed by atoms with E-state index in [0.29, 0.717) is 34.9 Å². The van der Waals surface area contributed by atoms with Crippen molar-refractivity contribution in [3.05, 3.63) is 93.6 Å². The quantitative estimate of drug-likeness (QED) is 0.265. The third-order valence-electron chi connectivity index (χ3n) is 6.80. The van der Waals surface area contributed by atoms with Crippen molar-refractivity contribution in [2.24, 2.45) is 0 Å². The van der Waals surface area contributed by atoms with Crippen LogP contribution in [0.3, 0.4) is 0 Å². The number of benzene rings is 3. The number of aryl methyl sites for hydroxylation is 4. The van der Waals surface area contributed by atoms with Crippen LogP contribution in [-0.4, -0.2) is 30.5 Å². The average Bonchev–Trinajstić information content (AvgIpc) is 3.12. The number of methoxy groups -OCH3 is 1. The number of carbonyl (C=O) groups excluding carboxylic acids is 2. The highest BCUT2D eigenvalue weighted by molar-refractivity contribution is 6.51. The fourth-order valence-electron chi connectivity index (χ4n) is 4.47. The van der Waals surface area contributed by atoms with Crippen LogP contribution in [0.1, 0.15) is 46.3 Å². The highest BCUT2D eigenvalue weighted by Gasteiger charge is 2.47. The van der Waals surface area contributed by atoms with E-state index in [9.17, 15) is 14.7 Å². The number of carbonyl (C=O) groups is 2. The molecule has 1 amide bonds. The van der Waals surface area contributed by atoms with Crippen molar-refractivity contribution in [3.8, 4) is 11.5 Å². The number of hydrogen-bond donors (Lipinski definition) is 1. The zero-order valence-corrected chi connectivity index (χ0v) is 21.5. The number of rotatable bonds is 6. The second-order valence-corrected chi connectivity index (χ2v) is 9.08. The molecule has 1 aliphatic heterocycles. The number of amides is 1. The van der Waals surface area contributed by atoms with Crippen LogP contribution in [0.25, 0.3) is 5.76 Å². The Balaban J connectivity index is 1.98. The summed E-state index contributed by atoms with van der Waals surface area (Å²) in [6.07, 6.45) is 0. The zero-order chi connectivity index (χ0) is 26.1. The standard InChI is InChI=1S/C30H31NO5/c1-7-36-25-16-21(11-13-24(25)35-6)27-26(28(32)22-10-8-17(2)19(4)14-22)29(33)30(34)31(27)23-12-9-18(3)20(5)15-23/h8-16,27,32H,7H2,1-6H3/b28-26+. The van der Waals surface area contributed by atoms with Gasteiger partial charge in [0.05, 0.1) is 25.3 Å². The monoisotopic (exact) mass is 485 g/mol. The van der Waals surface area contributed by atoms with Gasteiger partial charge in [-0.15, -0.1) is 0 Å². The third kappa shape index (κ3) is 4.35. The van der Waals surface area contributed by atoms with Gasteiger partial charge in [-0.25, -0.2) is 0 Å². The van der Waals surface area contributed by atoms with Gasteiger partial charge in [-0.1, -0.05) is 24.3 Å². The lowest BCUT2D eigenvalue weighted by molar-refractivity contribution is -0.132. The average molecular weight is 486 g/mol. The topological polar surface area (TPSA) is 76.1 Å². The number of hydrogen-bond acceptors (Lipinski definition) is 5. The maximum Gasteiger partial charge on any atom is 0.300 e. The number of ether oxygens (including phenoxy) is 2. The van der Waals surface area contributed by atoms with Gasteiger partial charge in [-0.05, 0) is 92.8 Å². The van der Waals surface area contributed by atoms with Crippen molar-refractivity contribution in [2.75, 3.05) is 18.6 Å². The lowest BCUT2D eigenvalue weighted by atomic mass is 9.93. The van der Waals surface area contributed by atoms with Crippen molar-refractivity contribution in [2.45, 2.75) is 40.7 Å². The molecule has 36 heavy (non-hydrogen) atoms. The van der Waals surface area contributed by atoms with Gasteiger partial charge in [0, 0.05) is 11.3 Å². The largest absolute Gasteiger partial charge is 0.507 e. The van der Waals surface area contributed by atoms with E-state index >= 15 is 0 Å². The predicted molar refractivity (Wildman–Crippen MR) is 141 cm³/mol.